The zero-order valence-electron chi connectivity index (χ0n) is 16.1. The van der Waals surface area contributed by atoms with Crippen molar-refractivity contribution in [3.8, 4) is 23.0 Å². The molecule has 1 heterocycles. The molecule has 29 heavy (non-hydrogen) atoms. The number of aliphatic imine (C=N–C) groups is 1. The van der Waals surface area contributed by atoms with Crippen molar-refractivity contribution in [3.05, 3.63) is 71.8 Å². The average molecular weight is 407 g/mol. The van der Waals surface area contributed by atoms with E-state index >= 15 is 0 Å². The standard InChI is InChI=1S/C23H21NO4S/c1-27-15-8-9-16(19(25)12-15)18-13-23(14-7-10-21(28-2)20(26)11-14)29-22-6-4-3-5-17(22)24-18/h3-12,23,25-26H,13H2,1-2H3/t23-/m0/s1. The van der Waals surface area contributed by atoms with E-state index in [1.807, 2.05) is 42.5 Å². The first kappa shape index (κ1) is 19.2. The lowest BCUT2D eigenvalue weighted by Crippen LogP contribution is -2.06. The van der Waals surface area contributed by atoms with Crippen LogP contribution in [0, 0.1) is 0 Å². The van der Waals surface area contributed by atoms with Gasteiger partial charge in [-0.05, 0) is 42.0 Å². The first-order chi connectivity index (χ1) is 14.1. The highest BCUT2D eigenvalue weighted by Gasteiger charge is 2.24. The molecule has 2 N–H and O–H groups in total. The first-order valence-corrected chi connectivity index (χ1v) is 10.0. The van der Waals surface area contributed by atoms with Gasteiger partial charge in [-0.3, -0.25) is 4.99 Å². The summed E-state index contributed by atoms with van der Waals surface area (Å²) in [4.78, 5) is 5.92. The van der Waals surface area contributed by atoms with E-state index in [0.29, 0.717) is 23.5 Å². The number of ether oxygens (including phenoxy) is 2. The van der Waals surface area contributed by atoms with Crippen LogP contribution in [0.25, 0.3) is 0 Å². The second kappa shape index (κ2) is 8.09. The van der Waals surface area contributed by atoms with Crippen LogP contribution in [0.15, 0.2) is 70.6 Å². The fraction of sp³-hybridized carbons (Fsp3) is 0.174. The van der Waals surface area contributed by atoms with Crippen LogP contribution < -0.4 is 9.47 Å². The molecule has 148 valence electrons. The van der Waals surface area contributed by atoms with Crippen LogP contribution in [0.5, 0.6) is 23.0 Å². The van der Waals surface area contributed by atoms with Crippen molar-refractivity contribution in [1.82, 2.24) is 0 Å². The van der Waals surface area contributed by atoms with Gasteiger partial charge in [0.25, 0.3) is 0 Å². The summed E-state index contributed by atoms with van der Waals surface area (Å²) in [7, 11) is 3.10. The van der Waals surface area contributed by atoms with Gasteiger partial charge in [0.1, 0.15) is 11.5 Å². The third-order valence-electron chi connectivity index (χ3n) is 4.86. The normalized spacial score (nSPS) is 15.8. The number of methoxy groups -OCH3 is 2. The number of rotatable bonds is 4. The van der Waals surface area contributed by atoms with Crippen LogP contribution >= 0.6 is 11.8 Å². The van der Waals surface area contributed by atoms with Gasteiger partial charge in [0, 0.05) is 28.2 Å². The molecule has 6 heteroatoms. The van der Waals surface area contributed by atoms with Gasteiger partial charge in [0.2, 0.25) is 0 Å². The summed E-state index contributed by atoms with van der Waals surface area (Å²) in [5.41, 5.74) is 3.28. The molecular formula is C23H21NO4S. The Morgan fingerprint density at radius 2 is 1.76 bits per heavy atom. The highest BCUT2D eigenvalue weighted by Crippen LogP contribution is 2.47. The van der Waals surface area contributed by atoms with Gasteiger partial charge >= 0.3 is 0 Å². The minimum Gasteiger partial charge on any atom is -0.507 e. The molecule has 4 rings (SSSR count). The summed E-state index contributed by atoms with van der Waals surface area (Å²) in [6.45, 7) is 0. The molecule has 0 unspecified atom stereocenters. The van der Waals surface area contributed by atoms with Crippen molar-refractivity contribution in [2.24, 2.45) is 4.99 Å². The smallest absolute Gasteiger partial charge is 0.160 e. The van der Waals surface area contributed by atoms with Crippen LogP contribution in [-0.4, -0.2) is 30.1 Å². The average Bonchev–Trinajstić information content (AvgIpc) is 2.93. The Balaban J connectivity index is 1.79. The summed E-state index contributed by atoms with van der Waals surface area (Å²) in [6, 6.07) is 18.6. The maximum absolute atomic E-state index is 10.6. The maximum atomic E-state index is 10.6. The molecule has 1 atom stereocenters. The second-order valence-electron chi connectivity index (χ2n) is 6.65. The Labute approximate surface area is 173 Å². The van der Waals surface area contributed by atoms with Gasteiger partial charge in [-0.15, -0.1) is 11.8 Å². The number of nitrogens with zero attached hydrogens (tertiary/aromatic N) is 1. The van der Waals surface area contributed by atoms with Gasteiger partial charge in [-0.25, -0.2) is 0 Å². The molecular weight excluding hydrogens is 386 g/mol. The van der Waals surface area contributed by atoms with Gasteiger partial charge in [-0.2, -0.15) is 0 Å². The Morgan fingerprint density at radius 1 is 0.931 bits per heavy atom. The van der Waals surface area contributed by atoms with Crippen molar-refractivity contribution in [3.63, 3.8) is 0 Å². The maximum Gasteiger partial charge on any atom is 0.160 e. The molecule has 0 bridgehead atoms. The number of benzene rings is 3. The molecule has 0 aliphatic carbocycles. The summed E-state index contributed by atoms with van der Waals surface area (Å²) < 4.78 is 10.4. The van der Waals surface area contributed by atoms with Crippen LogP contribution in [0.4, 0.5) is 5.69 Å². The fourth-order valence-electron chi connectivity index (χ4n) is 3.36. The largest absolute Gasteiger partial charge is 0.507 e. The predicted molar refractivity (Wildman–Crippen MR) is 115 cm³/mol. The molecule has 0 aromatic heterocycles. The molecule has 1 aliphatic heterocycles. The number of aromatic hydroxyl groups is 2. The molecule has 0 saturated carbocycles. The lowest BCUT2D eigenvalue weighted by molar-refractivity contribution is 0.373. The topological polar surface area (TPSA) is 71.3 Å². The van der Waals surface area contributed by atoms with E-state index in [1.165, 1.54) is 7.11 Å². The highest BCUT2D eigenvalue weighted by molar-refractivity contribution is 7.99. The van der Waals surface area contributed by atoms with Gasteiger partial charge in [-0.1, -0.05) is 18.2 Å². The number of fused-ring (bicyclic) bond motifs is 1. The van der Waals surface area contributed by atoms with Crippen LogP contribution in [0.1, 0.15) is 22.8 Å². The summed E-state index contributed by atoms with van der Waals surface area (Å²) in [5.74, 6) is 1.26. The fourth-order valence-corrected chi connectivity index (χ4v) is 4.58. The number of hydrogen-bond donors (Lipinski definition) is 2. The Bertz CT molecular complexity index is 1080. The molecule has 0 saturated heterocycles. The summed E-state index contributed by atoms with van der Waals surface area (Å²) in [6.07, 6.45) is 0.588. The van der Waals surface area contributed by atoms with Crippen molar-refractivity contribution in [2.75, 3.05) is 14.2 Å². The van der Waals surface area contributed by atoms with E-state index in [4.69, 9.17) is 14.5 Å². The van der Waals surface area contributed by atoms with E-state index in [9.17, 15) is 10.2 Å². The van der Waals surface area contributed by atoms with Gasteiger partial charge < -0.3 is 19.7 Å². The predicted octanol–water partition coefficient (Wildman–Crippen LogP) is 5.47. The first-order valence-electron chi connectivity index (χ1n) is 9.16. The Morgan fingerprint density at radius 3 is 2.48 bits per heavy atom. The van der Waals surface area contributed by atoms with Gasteiger partial charge in [0.05, 0.1) is 25.6 Å². The number of phenols is 2. The van der Waals surface area contributed by atoms with Crippen LogP contribution in [-0.2, 0) is 0 Å². The molecule has 0 amide bonds. The molecule has 3 aromatic rings. The SMILES string of the molecule is COc1ccc(C2=Nc3ccccc3S[C@H](c3ccc(OC)c(O)c3)C2)c(O)c1. The lowest BCUT2D eigenvalue weighted by Gasteiger charge is -2.17. The zero-order valence-corrected chi connectivity index (χ0v) is 16.9. The third kappa shape index (κ3) is 3.89. The lowest BCUT2D eigenvalue weighted by atomic mass is 10.00. The molecule has 0 spiro atoms. The van der Waals surface area contributed by atoms with E-state index in [2.05, 4.69) is 0 Å². The van der Waals surface area contributed by atoms with Crippen LogP contribution in [0.2, 0.25) is 0 Å². The van der Waals surface area contributed by atoms with E-state index < -0.39 is 0 Å². The number of para-hydroxylation sites is 1. The Hall–Kier alpha value is -3.12. The molecule has 3 aromatic carbocycles. The van der Waals surface area contributed by atoms with Crippen LogP contribution in [0.3, 0.4) is 0 Å². The summed E-state index contributed by atoms with van der Waals surface area (Å²) in [5, 5.41) is 20.8. The number of hydrogen-bond acceptors (Lipinski definition) is 6. The highest BCUT2D eigenvalue weighted by atomic mass is 32.2. The molecule has 0 fully saturated rings. The van der Waals surface area contributed by atoms with Gasteiger partial charge in [0.15, 0.2) is 11.5 Å². The molecule has 5 nitrogen and oxygen atoms in total. The van der Waals surface area contributed by atoms with E-state index in [0.717, 1.165) is 21.9 Å². The second-order valence-corrected chi connectivity index (χ2v) is 7.90. The monoisotopic (exact) mass is 407 g/mol. The van der Waals surface area contributed by atoms with E-state index in [-0.39, 0.29) is 16.7 Å². The zero-order chi connectivity index (χ0) is 20.4. The van der Waals surface area contributed by atoms with Crippen molar-refractivity contribution < 1.29 is 19.7 Å². The minimum absolute atomic E-state index is 0.00991. The molecule has 0 radical (unpaired) electrons. The third-order valence-corrected chi connectivity index (χ3v) is 6.18. The summed E-state index contributed by atoms with van der Waals surface area (Å²) >= 11 is 1.69. The van der Waals surface area contributed by atoms with Crippen molar-refractivity contribution in [1.29, 1.82) is 0 Å². The van der Waals surface area contributed by atoms with Crippen molar-refractivity contribution >= 4 is 23.2 Å². The molecule has 1 aliphatic rings. The number of phenolic OH excluding ortho intramolecular Hbond substituents is 2. The van der Waals surface area contributed by atoms with Crippen molar-refractivity contribution in [2.45, 2.75) is 16.6 Å². The minimum atomic E-state index is 0.00991. The number of thioether (sulfide) groups is 1. The quantitative estimate of drug-likeness (QED) is 0.600. The Kier molecular flexibility index (Phi) is 5.36. The van der Waals surface area contributed by atoms with E-state index in [1.54, 1.807) is 37.1 Å².